The fourth-order valence-corrected chi connectivity index (χ4v) is 8.88. The number of phenols is 1. The van der Waals surface area contributed by atoms with Crippen LogP contribution in [0.25, 0.3) is 0 Å². The molecule has 16 heteroatoms. The van der Waals surface area contributed by atoms with E-state index in [0.29, 0.717) is 11.4 Å². The molecule has 0 radical (unpaired) electrons. The number of amides is 2. The highest BCUT2D eigenvalue weighted by atomic mass is 35.5. The Morgan fingerprint density at radius 3 is 1.40 bits per heavy atom. The molecule has 4 aromatic rings. The number of phenolic OH excluding ortho intramolecular Hbond substituents is 1. The van der Waals surface area contributed by atoms with Crippen LogP contribution >= 0.6 is 46.4 Å². The first kappa shape index (κ1) is 32.9. The van der Waals surface area contributed by atoms with Crippen LogP contribution in [0.4, 0.5) is 11.4 Å². The largest absolute Gasteiger partial charge is 0.505 e. The molecule has 0 aromatic heterocycles. The fraction of sp³-hybridized carbons (Fsp3) is 0.103. The van der Waals surface area contributed by atoms with E-state index in [9.17, 15) is 31.5 Å². The molecule has 2 aliphatic heterocycles. The second-order valence-corrected chi connectivity index (χ2v) is 15.1. The first-order valence-electron chi connectivity index (χ1n) is 12.6. The number of carbonyl (C=O) groups is 2. The maximum Gasteiger partial charge on any atom is 0.259 e. The topological polar surface area (TPSA) is 138 Å². The Morgan fingerprint density at radius 2 is 1.02 bits per heavy atom. The highest BCUT2D eigenvalue weighted by Gasteiger charge is 2.37. The van der Waals surface area contributed by atoms with Gasteiger partial charge in [-0.15, -0.1) is 0 Å². The maximum absolute atomic E-state index is 12.7. The Balaban J connectivity index is 0.000000178. The summed E-state index contributed by atoms with van der Waals surface area (Å²) in [6.45, 7) is 0. The molecular weight excluding hydrogens is 710 g/mol. The van der Waals surface area contributed by atoms with Gasteiger partial charge in [-0.25, -0.2) is 16.8 Å². The summed E-state index contributed by atoms with van der Waals surface area (Å²) in [6.07, 6.45) is 0. The summed E-state index contributed by atoms with van der Waals surface area (Å²) in [7, 11) is -5.66. The average molecular weight is 730 g/mol. The quantitative estimate of drug-likeness (QED) is 0.253. The molecule has 0 saturated heterocycles. The Labute approximate surface area is 278 Å². The van der Waals surface area contributed by atoms with Crippen LogP contribution in [0.3, 0.4) is 0 Å². The predicted molar refractivity (Wildman–Crippen MR) is 172 cm³/mol. The van der Waals surface area contributed by atoms with E-state index in [4.69, 9.17) is 51.1 Å². The number of methoxy groups -OCH3 is 1. The Kier molecular flexibility index (Phi) is 9.02. The lowest BCUT2D eigenvalue weighted by Gasteiger charge is -2.16. The molecule has 0 unspecified atom stereocenters. The van der Waals surface area contributed by atoms with Crippen molar-refractivity contribution < 1.29 is 36.3 Å². The normalized spacial score (nSPS) is 15.5. The number of rotatable bonds is 3. The molecule has 2 aliphatic rings. The van der Waals surface area contributed by atoms with Crippen molar-refractivity contribution in [1.29, 1.82) is 0 Å². The molecular formula is C29H20Cl4N2O8S2. The van der Waals surface area contributed by atoms with E-state index in [2.05, 4.69) is 0 Å². The van der Waals surface area contributed by atoms with E-state index in [1.54, 1.807) is 36.4 Å². The number of ether oxygens (including phenoxy) is 1. The number of halogens is 4. The fourth-order valence-electron chi connectivity index (χ4n) is 4.72. The second-order valence-electron chi connectivity index (χ2n) is 9.65. The van der Waals surface area contributed by atoms with Crippen LogP contribution in [0.15, 0.2) is 82.6 Å². The standard InChI is InChI=1S/C15H11Cl2NO4S.C14H9Cl2NO4S/c1-22-14-10(16)6-9(7-11(14)17)15(19)18-8-23(20,21)13-5-3-2-4-12(13)18;15-9-5-8(6-10(16)13(9)18)14(19)17-7-22(20,21)12-4-2-1-3-11(12)17/h2-7H,8H2,1H3;1-6,18H,7H2. The van der Waals surface area contributed by atoms with Crippen molar-refractivity contribution in [2.45, 2.75) is 9.79 Å². The lowest BCUT2D eigenvalue weighted by atomic mass is 10.1. The third kappa shape index (κ3) is 6.18. The van der Waals surface area contributed by atoms with Crippen molar-refractivity contribution in [3.8, 4) is 11.5 Å². The van der Waals surface area contributed by atoms with Crippen LogP contribution in [0.1, 0.15) is 20.7 Å². The molecule has 2 amide bonds. The smallest absolute Gasteiger partial charge is 0.259 e. The number of aromatic hydroxyl groups is 1. The lowest BCUT2D eigenvalue weighted by Crippen LogP contribution is -2.30. The third-order valence-electron chi connectivity index (χ3n) is 6.78. The van der Waals surface area contributed by atoms with Crippen LogP contribution in [-0.2, 0) is 19.7 Å². The van der Waals surface area contributed by atoms with Crippen molar-refractivity contribution in [3.63, 3.8) is 0 Å². The minimum Gasteiger partial charge on any atom is -0.505 e. The summed E-state index contributed by atoms with van der Waals surface area (Å²) < 4.78 is 53.6. The summed E-state index contributed by atoms with van der Waals surface area (Å²) in [5.41, 5.74) is 0.945. The van der Waals surface area contributed by atoms with Crippen LogP contribution in [-0.4, -0.2) is 52.6 Å². The number of fused-ring (bicyclic) bond motifs is 2. The van der Waals surface area contributed by atoms with Crippen molar-refractivity contribution >= 4 is 89.3 Å². The van der Waals surface area contributed by atoms with E-state index in [0.717, 1.165) is 4.90 Å². The number of anilines is 2. The van der Waals surface area contributed by atoms with Gasteiger partial charge in [-0.3, -0.25) is 19.4 Å². The summed E-state index contributed by atoms with van der Waals surface area (Å²) >= 11 is 23.7. The van der Waals surface area contributed by atoms with Gasteiger partial charge in [-0.05, 0) is 48.5 Å². The molecule has 0 spiro atoms. The Hall–Kier alpha value is -3.52. The Bertz CT molecular complexity index is 2060. The molecule has 10 nitrogen and oxygen atoms in total. The van der Waals surface area contributed by atoms with Gasteiger partial charge in [0.25, 0.3) is 11.8 Å². The van der Waals surface area contributed by atoms with Crippen molar-refractivity contribution in [2.75, 3.05) is 28.7 Å². The number of sulfone groups is 2. The molecule has 6 rings (SSSR count). The second kappa shape index (κ2) is 12.3. The molecule has 0 atom stereocenters. The molecule has 2 heterocycles. The van der Waals surface area contributed by atoms with Crippen LogP contribution in [0.5, 0.6) is 11.5 Å². The number of benzene rings is 4. The number of nitrogens with zero attached hydrogens (tertiary/aromatic N) is 2. The van der Waals surface area contributed by atoms with Gasteiger partial charge in [0, 0.05) is 11.1 Å². The zero-order chi connectivity index (χ0) is 32.8. The summed E-state index contributed by atoms with van der Waals surface area (Å²) in [6, 6.07) is 17.9. The highest BCUT2D eigenvalue weighted by molar-refractivity contribution is 7.92. The molecule has 0 fully saturated rings. The first-order valence-corrected chi connectivity index (χ1v) is 17.5. The molecule has 45 heavy (non-hydrogen) atoms. The number of hydrogen-bond acceptors (Lipinski definition) is 8. The van der Waals surface area contributed by atoms with Crippen LogP contribution < -0.4 is 14.5 Å². The van der Waals surface area contributed by atoms with Gasteiger partial charge < -0.3 is 9.84 Å². The average Bonchev–Trinajstić information content (AvgIpc) is 3.44. The van der Waals surface area contributed by atoms with E-state index < -0.39 is 43.2 Å². The van der Waals surface area contributed by atoms with Gasteiger partial charge in [-0.1, -0.05) is 70.7 Å². The van der Waals surface area contributed by atoms with Crippen molar-refractivity contribution in [2.24, 2.45) is 0 Å². The van der Waals surface area contributed by atoms with E-state index in [-0.39, 0.29) is 52.5 Å². The number of para-hydroxylation sites is 2. The SMILES string of the molecule is COc1c(Cl)cc(C(=O)N2CS(=O)(=O)c3ccccc32)cc1Cl.O=C(c1cc(Cl)c(O)c(Cl)c1)N1CS(=O)(=O)c2ccccc21. The molecule has 4 aromatic carbocycles. The number of carbonyl (C=O) groups excluding carboxylic acids is 2. The summed E-state index contributed by atoms with van der Waals surface area (Å²) in [5, 5.41) is 9.74. The van der Waals surface area contributed by atoms with Gasteiger partial charge in [0.2, 0.25) is 0 Å². The lowest BCUT2D eigenvalue weighted by molar-refractivity contribution is 0.0984. The van der Waals surface area contributed by atoms with Gasteiger partial charge in [-0.2, -0.15) is 0 Å². The zero-order valence-electron chi connectivity index (χ0n) is 22.9. The molecule has 0 aliphatic carbocycles. The molecule has 0 saturated carbocycles. The maximum atomic E-state index is 12.7. The van der Waals surface area contributed by atoms with Gasteiger partial charge >= 0.3 is 0 Å². The molecule has 1 N–H and O–H groups in total. The minimum absolute atomic E-state index is 0.0776. The highest BCUT2D eigenvalue weighted by Crippen LogP contribution is 2.39. The molecule has 0 bridgehead atoms. The van der Waals surface area contributed by atoms with Gasteiger partial charge in [0.1, 0.15) is 11.8 Å². The van der Waals surface area contributed by atoms with Gasteiger partial charge in [0.15, 0.2) is 31.2 Å². The first-order chi connectivity index (χ1) is 21.2. The zero-order valence-corrected chi connectivity index (χ0v) is 27.5. The van der Waals surface area contributed by atoms with E-state index in [1.165, 1.54) is 48.4 Å². The van der Waals surface area contributed by atoms with Crippen LogP contribution in [0, 0.1) is 0 Å². The van der Waals surface area contributed by atoms with E-state index in [1.807, 2.05) is 0 Å². The van der Waals surface area contributed by atoms with Crippen molar-refractivity contribution in [1.82, 2.24) is 0 Å². The minimum atomic E-state index is -3.55. The summed E-state index contributed by atoms with van der Waals surface area (Å²) in [5.74, 6) is -1.97. The van der Waals surface area contributed by atoms with Gasteiger partial charge in [0.05, 0.1) is 48.4 Å². The third-order valence-corrected chi connectivity index (χ3v) is 11.1. The summed E-state index contributed by atoms with van der Waals surface area (Å²) in [4.78, 5) is 27.9. The number of hydrogen-bond donors (Lipinski definition) is 1. The monoisotopic (exact) mass is 728 g/mol. The Morgan fingerprint density at radius 1 is 0.667 bits per heavy atom. The predicted octanol–water partition coefficient (Wildman–Crippen LogP) is 6.48. The van der Waals surface area contributed by atoms with E-state index >= 15 is 0 Å². The molecule has 234 valence electrons. The van der Waals surface area contributed by atoms with Crippen molar-refractivity contribution in [3.05, 3.63) is 104 Å². The van der Waals surface area contributed by atoms with Crippen LogP contribution in [0.2, 0.25) is 20.1 Å².